The molecule has 5 heterocycles. The summed E-state index contributed by atoms with van der Waals surface area (Å²) in [6, 6.07) is 5.37. The molecule has 17 N–H and O–H groups in total. The van der Waals surface area contributed by atoms with E-state index in [0.29, 0.717) is 17.6 Å². The maximum absolute atomic E-state index is 16.0. The number of amides is 11. The number of phenolic OH excluding ortho intramolecular Hbond substituents is 4. The number of carbonyl (C=O) groups is 10. The van der Waals surface area contributed by atoms with Gasteiger partial charge in [0.15, 0.2) is 11.5 Å². The molecule has 4 fully saturated rings. The first-order valence-corrected chi connectivity index (χ1v) is 36.7. The van der Waals surface area contributed by atoms with Crippen molar-refractivity contribution in [1.29, 1.82) is 0 Å². The lowest BCUT2D eigenvalue weighted by atomic mass is 9.54. The minimum absolute atomic E-state index is 0.0251. The van der Waals surface area contributed by atoms with E-state index in [1.54, 1.807) is 20.8 Å². The first-order chi connectivity index (χ1) is 52.2. The van der Waals surface area contributed by atoms with Crippen molar-refractivity contribution < 1.29 is 97.5 Å². The second-order valence-electron chi connectivity index (χ2n) is 29.8. The molecule has 4 saturated carbocycles. The maximum Gasteiger partial charge on any atom is 0.407 e. The summed E-state index contributed by atoms with van der Waals surface area (Å²) in [5, 5.41) is 100. The Morgan fingerprint density at radius 3 is 1.84 bits per heavy atom. The van der Waals surface area contributed by atoms with Crippen LogP contribution in [0.5, 0.6) is 51.7 Å². The minimum atomic E-state index is -2.27. The summed E-state index contributed by atoms with van der Waals surface area (Å²) in [5.41, 5.74) is -2.46. The van der Waals surface area contributed by atoms with E-state index in [2.05, 4.69) is 58.5 Å². The molecule has 5 aliphatic heterocycles. The number of ether oxygens (including phenoxy) is 4. The van der Waals surface area contributed by atoms with Crippen molar-refractivity contribution >= 4 is 88.3 Å². The highest BCUT2D eigenvalue weighted by molar-refractivity contribution is 6.32. The molecule has 11 amide bonds. The van der Waals surface area contributed by atoms with Gasteiger partial charge in [-0.05, 0) is 203 Å². The Morgan fingerprint density at radius 2 is 1.23 bits per heavy atom. The third-order valence-electron chi connectivity index (χ3n) is 20.3. The van der Waals surface area contributed by atoms with Crippen LogP contribution in [-0.2, 0) is 43.1 Å². The molecule has 31 nitrogen and oxygen atoms in total. The number of nitrogens with one attached hydrogen (secondary N) is 11. The maximum atomic E-state index is 16.0. The number of anilines is 1. The van der Waals surface area contributed by atoms with Crippen LogP contribution in [0.2, 0.25) is 10.0 Å². The molecule has 6 aromatic carbocycles. The Morgan fingerprint density at radius 1 is 0.627 bits per heavy atom. The Labute approximate surface area is 640 Å². The number of hydrogen-bond acceptors (Lipinski definition) is 21. The predicted molar refractivity (Wildman–Crippen MR) is 396 cm³/mol. The minimum Gasteiger partial charge on any atom is -0.508 e. The highest BCUT2D eigenvalue weighted by Crippen LogP contribution is 2.55. The molecule has 6 aromatic rings. The van der Waals surface area contributed by atoms with Gasteiger partial charge in [0.1, 0.15) is 95.2 Å². The van der Waals surface area contributed by atoms with E-state index in [1.165, 1.54) is 73.8 Å². The van der Waals surface area contributed by atoms with Crippen LogP contribution in [0.1, 0.15) is 138 Å². The van der Waals surface area contributed by atoms with Crippen molar-refractivity contribution in [1.82, 2.24) is 53.2 Å². The second kappa shape index (κ2) is 32.6. The van der Waals surface area contributed by atoms with Gasteiger partial charge < -0.3 is 103 Å². The number of carbonyl (C=O) groups excluding carboxylic acids is 10. The highest BCUT2D eigenvalue weighted by Gasteiger charge is 2.50. The van der Waals surface area contributed by atoms with Gasteiger partial charge in [0, 0.05) is 28.9 Å². The summed E-state index contributed by atoms with van der Waals surface area (Å²) in [7, 11) is 1.49. The fourth-order valence-electron chi connectivity index (χ4n) is 15.4. The third kappa shape index (κ3) is 17.8. The fourth-order valence-corrected chi connectivity index (χ4v) is 15.8. The van der Waals surface area contributed by atoms with Crippen molar-refractivity contribution in [2.45, 2.75) is 146 Å². The largest absolute Gasteiger partial charge is 0.508 e. The number of alkyl carbamates (subject to hydrolysis) is 1. The number of urea groups is 1. The Kier molecular flexibility index (Phi) is 23.3. The van der Waals surface area contributed by atoms with Crippen molar-refractivity contribution in [2.24, 2.45) is 29.6 Å². The quantitative estimate of drug-likeness (QED) is 0.0487. The van der Waals surface area contributed by atoms with Crippen molar-refractivity contribution in [2.75, 3.05) is 25.5 Å². The van der Waals surface area contributed by atoms with Gasteiger partial charge in [0.2, 0.25) is 53.0 Å². The smallest absolute Gasteiger partial charge is 0.407 e. The van der Waals surface area contributed by atoms with Gasteiger partial charge in [0.25, 0.3) is 0 Å². The van der Waals surface area contributed by atoms with Crippen LogP contribution in [0.15, 0.2) is 103 Å². The summed E-state index contributed by atoms with van der Waals surface area (Å²) in [4.78, 5) is 148. The van der Waals surface area contributed by atoms with Crippen molar-refractivity contribution in [3.8, 4) is 62.9 Å². The Hall–Kier alpha value is -11.1. The standard InChI is InChI=1S/C77H85Cl2N11O20/c1-33(2)19-49(80-6)68(98)89-63-65(95)37-8-15-53(47(78)26-37)108-55-28-41-29-56(67(55)97)109-54-16-9-38(27-48(54)79)66(96)64-74(104)88-62(72(102)85-59-39-21-34-20-35(23-39)24-40(59)22-34)46-30-43(91)31-52(93)58(46)45-25-36(7-14-51(45)92)60(70(100)90-64)87-71(101)61(41)86-69(99)50(83-73(63)103)32-57(94)84-75(105)82-42-10-12-44(13-11-42)107-18-17-81-76(106)110-77(3,4)5/h7-16,25-31,33-35,39-40,49-50,59-66,80,91-93,95-97H,17-24,32H2,1-6H3,(H,81,106)(H,83,103)(H,85,102)(H,86,99)(H,87,101)(H,88,104)(H,89,98)(H,90,100)(H2,82,84,94,105)/t34?,35?,39?,40?,49-,50+,59?,60-,61-,62+,63-,64+,65-,66-/m1/s1. The van der Waals surface area contributed by atoms with E-state index >= 15 is 28.8 Å². The number of rotatable bonds is 14. The molecule has 582 valence electrons. The Balaban J connectivity index is 0.949. The summed E-state index contributed by atoms with van der Waals surface area (Å²) in [6.45, 7) is 8.89. The van der Waals surface area contributed by atoms with E-state index in [-0.39, 0.29) is 104 Å². The fraction of sp³-hybridized carbons (Fsp3) is 0.403. The average molecular weight is 1560 g/mol. The first kappa shape index (κ1) is 78.5. The molecule has 33 heteroatoms. The van der Waals surface area contributed by atoms with Crippen LogP contribution in [-0.4, -0.2) is 146 Å². The van der Waals surface area contributed by atoms with Crippen molar-refractivity contribution in [3.63, 3.8) is 0 Å². The SMILES string of the molecule is CN[C@H](CC(C)C)C(=O)N[C@H]1C(=O)N[C@@H](CC(=O)NC(=O)Nc2ccc(OCCNC(=O)OC(C)(C)C)cc2)C(=O)N[C@H]2C(=O)N[C@H]3C(=O)N[C@H](C(=O)N[C@H](C(=O)NC4C5CC6CC(C5)CC4C6)c4cc(O)cc(O)c4-c4cc3ccc4O)[C@H](O)c3ccc(c(Cl)c3)Oc3cc2cc(c3O)Oc2ccc(cc2Cl)[C@H]1O. The molecule has 0 spiro atoms. The molecular weight excluding hydrogens is 1470 g/mol. The highest BCUT2D eigenvalue weighted by atomic mass is 35.5. The molecule has 15 bridgehead atoms. The number of benzene rings is 6. The lowest BCUT2D eigenvalue weighted by Crippen LogP contribution is -2.59. The topological polar surface area (TPSA) is 461 Å². The van der Waals surface area contributed by atoms with E-state index in [0.717, 1.165) is 68.5 Å². The number of aliphatic hydroxyl groups excluding tert-OH is 2. The Bertz CT molecular complexity index is 4610. The molecule has 9 aliphatic rings. The van der Waals surface area contributed by atoms with E-state index in [1.807, 2.05) is 13.8 Å². The monoisotopic (exact) mass is 1550 g/mol. The van der Waals surface area contributed by atoms with Crippen LogP contribution in [0.3, 0.4) is 0 Å². The summed E-state index contributed by atoms with van der Waals surface area (Å²) < 4.78 is 23.5. The normalized spacial score (nSPS) is 24.4. The number of fused-ring (bicyclic) bond motifs is 15. The van der Waals surface area contributed by atoms with Crippen LogP contribution in [0.25, 0.3) is 11.1 Å². The molecule has 4 aliphatic carbocycles. The molecule has 0 radical (unpaired) electrons. The van der Waals surface area contributed by atoms with Gasteiger partial charge in [-0.3, -0.25) is 43.7 Å². The number of hydrogen-bond donors (Lipinski definition) is 17. The van der Waals surface area contributed by atoms with Crippen LogP contribution in [0.4, 0.5) is 15.3 Å². The molecular formula is C77H85Cl2N11O20. The number of aliphatic hydroxyl groups is 2. The number of likely N-dealkylation sites (N-methyl/N-ethyl adjacent to an activating group) is 1. The number of aromatic hydroxyl groups is 4. The second-order valence-corrected chi connectivity index (χ2v) is 30.7. The number of halogens is 2. The number of imide groups is 1. The zero-order valence-electron chi connectivity index (χ0n) is 60.5. The van der Waals surface area contributed by atoms with E-state index in [4.69, 9.17) is 42.1 Å². The van der Waals surface area contributed by atoms with Gasteiger partial charge in [-0.25, -0.2) is 9.59 Å². The molecule has 0 saturated heterocycles. The first-order valence-electron chi connectivity index (χ1n) is 35.9. The third-order valence-corrected chi connectivity index (χ3v) is 20.9. The molecule has 15 rings (SSSR count). The zero-order valence-corrected chi connectivity index (χ0v) is 62.0. The number of phenols is 4. The lowest BCUT2D eigenvalue weighted by Gasteiger charge is -2.54. The zero-order chi connectivity index (χ0) is 78.9. The van der Waals surface area contributed by atoms with Gasteiger partial charge in [-0.1, -0.05) is 55.2 Å². The molecule has 110 heavy (non-hydrogen) atoms. The summed E-state index contributed by atoms with van der Waals surface area (Å²) in [6.07, 6.45) is -1.22. The average Bonchev–Trinajstić information content (AvgIpc) is 0.758. The summed E-state index contributed by atoms with van der Waals surface area (Å²) in [5.74, 6) is -12.6. The molecule has 9 atom stereocenters. The van der Waals surface area contributed by atoms with Crippen LogP contribution >= 0.6 is 23.2 Å². The lowest BCUT2D eigenvalue weighted by molar-refractivity contribution is -0.138. The van der Waals surface area contributed by atoms with Crippen LogP contribution < -0.4 is 72.7 Å². The predicted octanol–water partition coefficient (Wildman–Crippen LogP) is 7.02. The van der Waals surface area contributed by atoms with Gasteiger partial charge >= 0.3 is 12.1 Å². The van der Waals surface area contributed by atoms with Gasteiger partial charge in [-0.15, -0.1) is 0 Å². The van der Waals surface area contributed by atoms with Gasteiger partial charge in [-0.2, -0.15) is 0 Å². The molecule has 0 unspecified atom stereocenters. The van der Waals surface area contributed by atoms with Crippen LogP contribution in [0, 0.1) is 29.6 Å². The summed E-state index contributed by atoms with van der Waals surface area (Å²) >= 11 is 13.9. The van der Waals surface area contributed by atoms with E-state index in [9.17, 15) is 49.8 Å². The van der Waals surface area contributed by atoms with E-state index < -0.39 is 166 Å². The van der Waals surface area contributed by atoms with Gasteiger partial charge in [0.05, 0.1) is 29.1 Å². The molecule has 0 aromatic heterocycles. The van der Waals surface area contributed by atoms with Crippen molar-refractivity contribution in [3.05, 3.63) is 141 Å².